The van der Waals surface area contributed by atoms with Gasteiger partial charge in [0.15, 0.2) is 5.13 Å². The molecule has 1 N–H and O–H groups in total. The van der Waals surface area contributed by atoms with Crippen molar-refractivity contribution in [3.63, 3.8) is 0 Å². The van der Waals surface area contributed by atoms with E-state index in [1.54, 1.807) is 16.4 Å². The van der Waals surface area contributed by atoms with Crippen molar-refractivity contribution in [3.8, 4) is 11.3 Å². The highest BCUT2D eigenvalue weighted by molar-refractivity contribution is 7.89. The van der Waals surface area contributed by atoms with Crippen LogP contribution in [0.3, 0.4) is 0 Å². The largest absolute Gasteiger partial charge is 0.298 e. The van der Waals surface area contributed by atoms with Gasteiger partial charge in [0.05, 0.1) is 10.6 Å². The molecule has 1 aliphatic rings. The van der Waals surface area contributed by atoms with Gasteiger partial charge in [0.25, 0.3) is 5.91 Å². The molecule has 31 heavy (non-hydrogen) atoms. The number of carbonyl (C=O) groups is 1. The summed E-state index contributed by atoms with van der Waals surface area (Å²) in [4.78, 5) is 17.3. The zero-order chi connectivity index (χ0) is 22.0. The Bertz CT molecular complexity index is 1150. The average molecular weight is 456 g/mol. The minimum absolute atomic E-state index is 0.214. The number of rotatable bonds is 5. The smallest absolute Gasteiger partial charge is 0.257 e. The van der Waals surface area contributed by atoms with E-state index in [1.807, 2.05) is 35.7 Å². The van der Waals surface area contributed by atoms with Gasteiger partial charge in [-0.3, -0.25) is 10.1 Å². The molecular weight excluding hydrogens is 430 g/mol. The Morgan fingerprint density at radius 2 is 1.68 bits per heavy atom. The number of sulfonamides is 1. The standard InChI is InChI=1S/C23H25N3O3S2/c1-16-12-17(2)14-26(13-16)31(28,29)20-10-8-19(9-11-20)22(27)25-23-24-21(15-30-23)18-6-4-3-5-7-18/h3-11,15-17H,12-14H2,1-2H3,(H,24,25,27)/t16-,17-/m1/s1. The first-order chi connectivity index (χ1) is 14.8. The lowest BCUT2D eigenvalue weighted by atomic mass is 9.94. The third-order valence-corrected chi connectivity index (χ3v) is 7.99. The summed E-state index contributed by atoms with van der Waals surface area (Å²) in [6.07, 6.45) is 1.04. The molecule has 0 radical (unpaired) electrons. The Hall–Kier alpha value is -2.55. The lowest BCUT2D eigenvalue weighted by Crippen LogP contribution is -2.42. The highest BCUT2D eigenvalue weighted by atomic mass is 32.2. The predicted octanol–water partition coefficient (Wildman–Crippen LogP) is 4.73. The zero-order valence-electron chi connectivity index (χ0n) is 17.5. The molecule has 8 heteroatoms. The van der Waals surface area contributed by atoms with E-state index in [0.29, 0.717) is 35.6 Å². The van der Waals surface area contributed by atoms with E-state index in [1.165, 1.54) is 23.5 Å². The van der Waals surface area contributed by atoms with E-state index < -0.39 is 10.0 Å². The van der Waals surface area contributed by atoms with E-state index in [-0.39, 0.29) is 10.8 Å². The van der Waals surface area contributed by atoms with Crippen LogP contribution in [-0.2, 0) is 10.0 Å². The second-order valence-corrected chi connectivity index (χ2v) is 10.9. The first-order valence-corrected chi connectivity index (χ1v) is 12.6. The number of thiazole rings is 1. The Morgan fingerprint density at radius 3 is 2.32 bits per heavy atom. The number of amides is 1. The fourth-order valence-electron chi connectivity index (χ4n) is 3.97. The molecule has 0 unspecified atom stereocenters. The van der Waals surface area contributed by atoms with Crippen LogP contribution in [0.4, 0.5) is 5.13 Å². The van der Waals surface area contributed by atoms with Crippen LogP contribution >= 0.6 is 11.3 Å². The first-order valence-electron chi connectivity index (χ1n) is 10.3. The Morgan fingerprint density at radius 1 is 1.03 bits per heavy atom. The van der Waals surface area contributed by atoms with E-state index in [9.17, 15) is 13.2 Å². The van der Waals surface area contributed by atoms with Crippen LogP contribution in [0.15, 0.2) is 64.9 Å². The van der Waals surface area contributed by atoms with Crippen molar-refractivity contribution in [2.24, 2.45) is 11.8 Å². The Labute approximate surface area is 187 Å². The minimum Gasteiger partial charge on any atom is -0.298 e. The number of carbonyl (C=O) groups excluding carboxylic acids is 1. The molecule has 1 aromatic heterocycles. The molecule has 6 nitrogen and oxygen atoms in total. The lowest BCUT2D eigenvalue weighted by Gasteiger charge is -2.34. The zero-order valence-corrected chi connectivity index (χ0v) is 19.1. The van der Waals surface area contributed by atoms with Crippen LogP contribution in [0.1, 0.15) is 30.6 Å². The number of hydrogen-bond donors (Lipinski definition) is 1. The van der Waals surface area contributed by atoms with Crippen LogP contribution in [0.5, 0.6) is 0 Å². The first kappa shape index (κ1) is 21.7. The number of aromatic nitrogens is 1. The lowest BCUT2D eigenvalue weighted by molar-refractivity contribution is 0.102. The van der Waals surface area contributed by atoms with Gasteiger partial charge in [0, 0.05) is 29.6 Å². The number of piperidine rings is 1. The Balaban J connectivity index is 1.45. The summed E-state index contributed by atoms with van der Waals surface area (Å²) in [7, 11) is -3.57. The van der Waals surface area contributed by atoms with Crippen molar-refractivity contribution in [3.05, 3.63) is 65.5 Å². The average Bonchev–Trinajstić information content (AvgIpc) is 3.22. The third kappa shape index (κ3) is 4.87. The third-order valence-electron chi connectivity index (χ3n) is 5.38. The van der Waals surface area contributed by atoms with Crippen molar-refractivity contribution in [1.29, 1.82) is 0 Å². The van der Waals surface area contributed by atoms with E-state index >= 15 is 0 Å². The summed E-state index contributed by atoms with van der Waals surface area (Å²) < 4.78 is 27.6. The fraction of sp³-hybridized carbons (Fsp3) is 0.304. The minimum atomic E-state index is -3.57. The number of nitrogens with one attached hydrogen (secondary N) is 1. The second kappa shape index (κ2) is 8.90. The number of anilines is 1. The van der Waals surface area contributed by atoms with Gasteiger partial charge in [-0.05, 0) is 42.5 Å². The van der Waals surface area contributed by atoms with Crippen LogP contribution in [0, 0.1) is 11.8 Å². The molecular formula is C23H25N3O3S2. The monoisotopic (exact) mass is 455 g/mol. The van der Waals surface area contributed by atoms with Crippen LogP contribution in [0.2, 0.25) is 0 Å². The molecule has 4 rings (SSSR count). The maximum atomic E-state index is 13.0. The van der Waals surface area contributed by atoms with E-state index in [4.69, 9.17) is 0 Å². The molecule has 1 amide bonds. The van der Waals surface area contributed by atoms with Crippen molar-refractivity contribution in [2.75, 3.05) is 18.4 Å². The van der Waals surface area contributed by atoms with Gasteiger partial charge in [0.2, 0.25) is 10.0 Å². The van der Waals surface area contributed by atoms with Crippen molar-refractivity contribution in [2.45, 2.75) is 25.2 Å². The number of benzene rings is 2. The molecule has 1 aliphatic heterocycles. The molecule has 1 fully saturated rings. The number of hydrogen-bond acceptors (Lipinski definition) is 5. The SMILES string of the molecule is C[C@@H]1C[C@@H](C)CN(S(=O)(=O)c2ccc(C(=O)Nc3nc(-c4ccccc4)cs3)cc2)C1. The van der Waals surface area contributed by atoms with Gasteiger partial charge in [-0.1, -0.05) is 44.2 Å². The van der Waals surface area contributed by atoms with Gasteiger partial charge < -0.3 is 0 Å². The molecule has 0 bridgehead atoms. The van der Waals surface area contributed by atoms with E-state index in [2.05, 4.69) is 24.1 Å². The maximum Gasteiger partial charge on any atom is 0.257 e. The quantitative estimate of drug-likeness (QED) is 0.603. The molecule has 2 heterocycles. The highest BCUT2D eigenvalue weighted by Gasteiger charge is 2.31. The van der Waals surface area contributed by atoms with Gasteiger partial charge in [-0.25, -0.2) is 13.4 Å². The summed E-state index contributed by atoms with van der Waals surface area (Å²) >= 11 is 1.35. The summed E-state index contributed by atoms with van der Waals surface area (Å²) in [5.74, 6) is 0.350. The molecule has 1 saturated heterocycles. The van der Waals surface area contributed by atoms with Crippen molar-refractivity contribution in [1.82, 2.24) is 9.29 Å². The van der Waals surface area contributed by atoms with E-state index in [0.717, 1.165) is 17.7 Å². The summed E-state index contributed by atoms with van der Waals surface area (Å²) in [6.45, 7) is 5.21. The highest BCUT2D eigenvalue weighted by Crippen LogP contribution is 2.27. The van der Waals surface area contributed by atoms with Crippen LogP contribution < -0.4 is 5.32 Å². The topological polar surface area (TPSA) is 79.4 Å². The Kier molecular flexibility index (Phi) is 6.22. The van der Waals surface area contributed by atoms with Gasteiger partial charge >= 0.3 is 0 Å². The van der Waals surface area contributed by atoms with Gasteiger partial charge in [0.1, 0.15) is 0 Å². The molecule has 0 spiro atoms. The van der Waals surface area contributed by atoms with Crippen LogP contribution in [-0.4, -0.2) is 36.7 Å². The van der Waals surface area contributed by atoms with Crippen molar-refractivity contribution < 1.29 is 13.2 Å². The normalized spacial score (nSPS) is 19.8. The summed E-state index contributed by atoms with van der Waals surface area (Å²) in [6, 6.07) is 15.8. The second-order valence-electron chi connectivity index (χ2n) is 8.15. The molecule has 0 aliphatic carbocycles. The molecule has 3 aromatic rings. The molecule has 2 aromatic carbocycles. The van der Waals surface area contributed by atoms with Crippen LogP contribution in [0.25, 0.3) is 11.3 Å². The molecule has 2 atom stereocenters. The maximum absolute atomic E-state index is 13.0. The number of nitrogens with zero attached hydrogens (tertiary/aromatic N) is 2. The summed E-state index contributed by atoms with van der Waals surface area (Å²) in [5, 5.41) is 5.18. The summed E-state index contributed by atoms with van der Waals surface area (Å²) in [5.41, 5.74) is 2.17. The van der Waals surface area contributed by atoms with Gasteiger partial charge in [-0.15, -0.1) is 11.3 Å². The predicted molar refractivity (Wildman–Crippen MR) is 124 cm³/mol. The molecule has 162 valence electrons. The molecule has 0 saturated carbocycles. The fourth-order valence-corrected chi connectivity index (χ4v) is 6.37. The van der Waals surface area contributed by atoms with Gasteiger partial charge in [-0.2, -0.15) is 4.31 Å². The van der Waals surface area contributed by atoms with Crippen molar-refractivity contribution >= 4 is 32.4 Å².